The first-order chi connectivity index (χ1) is 12.3. The Balaban J connectivity index is 1.60. The summed E-state index contributed by atoms with van der Waals surface area (Å²) in [6.07, 6.45) is 3.23. The number of carbonyl (C=O) groups excluding carboxylic acids is 1. The Morgan fingerprint density at radius 1 is 1.15 bits per heavy atom. The average Bonchev–Trinajstić information content (AvgIpc) is 2.80. The molecule has 1 aromatic carbocycles. The van der Waals surface area contributed by atoms with Crippen LogP contribution in [-0.4, -0.2) is 69.2 Å². The fraction of sp³-hybridized carbons (Fsp3) is 0.632. The molecule has 26 heavy (non-hydrogen) atoms. The van der Waals surface area contributed by atoms with Gasteiger partial charge >= 0.3 is 0 Å². The summed E-state index contributed by atoms with van der Waals surface area (Å²) in [7, 11) is -3.23. The fourth-order valence-corrected chi connectivity index (χ4v) is 4.68. The third-order valence-corrected chi connectivity index (χ3v) is 6.78. The van der Waals surface area contributed by atoms with Crippen LogP contribution in [0.25, 0.3) is 0 Å². The van der Waals surface area contributed by atoms with Crippen LogP contribution in [0.2, 0.25) is 0 Å². The Labute approximate surface area is 156 Å². The molecule has 7 heteroatoms. The highest BCUT2D eigenvalue weighted by molar-refractivity contribution is 7.88. The van der Waals surface area contributed by atoms with Crippen molar-refractivity contribution in [2.45, 2.75) is 26.2 Å². The Hall–Kier alpha value is -1.44. The number of sulfonamides is 1. The monoisotopic (exact) mass is 380 g/mol. The molecule has 0 atom stereocenters. The van der Waals surface area contributed by atoms with Gasteiger partial charge in [0.25, 0.3) is 0 Å². The van der Waals surface area contributed by atoms with E-state index < -0.39 is 10.0 Å². The summed E-state index contributed by atoms with van der Waals surface area (Å²) in [5.74, 6) is 0.137. The number of benzene rings is 1. The van der Waals surface area contributed by atoms with Crippen LogP contribution in [0.5, 0.6) is 0 Å². The second-order valence-corrected chi connectivity index (χ2v) is 9.67. The van der Waals surface area contributed by atoms with E-state index in [2.05, 4.69) is 0 Å². The second kappa shape index (κ2) is 7.66. The van der Waals surface area contributed by atoms with Crippen molar-refractivity contribution in [1.82, 2.24) is 9.21 Å². The molecule has 0 saturated carbocycles. The summed E-state index contributed by atoms with van der Waals surface area (Å²) in [6, 6.07) is 8.05. The zero-order valence-corrected chi connectivity index (χ0v) is 16.4. The van der Waals surface area contributed by atoms with Crippen molar-refractivity contribution >= 4 is 15.9 Å². The standard InChI is InChI=1S/C19H28N2O4S/c1-16-3-5-17(6-4-16)13-18(22)20-9-7-19(8-10-20)14-21(26(2,23)24)11-12-25-15-19/h3-6H,7-15H2,1-2H3. The van der Waals surface area contributed by atoms with Crippen molar-refractivity contribution in [2.75, 3.05) is 45.6 Å². The summed E-state index contributed by atoms with van der Waals surface area (Å²) in [4.78, 5) is 14.5. The van der Waals surface area contributed by atoms with Gasteiger partial charge in [0.15, 0.2) is 0 Å². The Morgan fingerprint density at radius 2 is 1.81 bits per heavy atom. The Bertz CT molecular complexity index is 737. The normalized spacial score (nSPS) is 21.5. The molecule has 6 nitrogen and oxygen atoms in total. The van der Waals surface area contributed by atoms with E-state index >= 15 is 0 Å². The smallest absolute Gasteiger partial charge is 0.226 e. The number of piperidine rings is 1. The zero-order chi connectivity index (χ0) is 18.8. The van der Waals surface area contributed by atoms with Gasteiger partial charge < -0.3 is 9.64 Å². The molecule has 2 aliphatic rings. The van der Waals surface area contributed by atoms with Crippen LogP contribution < -0.4 is 0 Å². The summed E-state index contributed by atoms with van der Waals surface area (Å²) in [5, 5.41) is 0. The molecule has 1 amide bonds. The number of nitrogens with zero attached hydrogens (tertiary/aromatic N) is 2. The van der Waals surface area contributed by atoms with Gasteiger partial charge in [-0.1, -0.05) is 29.8 Å². The van der Waals surface area contributed by atoms with E-state index in [9.17, 15) is 13.2 Å². The molecule has 0 N–H and O–H groups in total. The lowest BCUT2D eigenvalue weighted by Crippen LogP contribution is -2.50. The fourth-order valence-electron chi connectivity index (χ4n) is 3.76. The predicted molar refractivity (Wildman–Crippen MR) is 100 cm³/mol. The Morgan fingerprint density at radius 3 is 2.42 bits per heavy atom. The average molecular weight is 381 g/mol. The lowest BCUT2D eigenvalue weighted by atomic mass is 9.79. The van der Waals surface area contributed by atoms with E-state index in [1.165, 1.54) is 16.1 Å². The van der Waals surface area contributed by atoms with Crippen molar-refractivity contribution in [3.05, 3.63) is 35.4 Å². The maximum Gasteiger partial charge on any atom is 0.226 e. The van der Waals surface area contributed by atoms with Crippen LogP contribution in [0.3, 0.4) is 0 Å². The Kier molecular flexibility index (Phi) is 5.69. The molecule has 3 rings (SSSR count). The van der Waals surface area contributed by atoms with Gasteiger partial charge in [-0.25, -0.2) is 8.42 Å². The highest BCUT2D eigenvalue weighted by Gasteiger charge is 2.40. The van der Waals surface area contributed by atoms with Crippen molar-refractivity contribution in [3.63, 3.8) is 0 Å². The zero-order valence-electron chi connectivity index (χ0n) is 15.6. The predicted octanol–water partition coefficient (Wildman–Crippen LogP) is 1.44. The van der Waals surface area contributed by atoms with Gasteiger partial charge in [-0.15, -0.1) is 0 Å². The van der Waals surface area contributed by atoms with Crippen LogP contribution in [0.15, 0.2) is 24.3 Å². The van der Waals surface area contributed by atoms with E-state index in [1.54, 1.807) is 0 Å². The highest BCUT2D eigenvalue weighted by Crippen LogP contribution is 2.35. The number of ether oxygens (including phenoxy) is 1. The molecule has 0 aromatic heterocycles. The molecule has 0 bridgehead atoms. The number of hydrogen-bond acceptors (Lipinski definition) is 4. The van der Waals surface area contributed by atoms with Crippen LogP contribution >= 0.6 is 0 Å². The molecule has 0 radical (unpaired) electrons. The van der Waals surface area contributed by atoms with Crippen molar-refractivity contribution in [2.24, 2.45) is 5.41 Å². The van der Waals surface area contributed by atoms with Gasteiger partial charge in [0.1, 0.15) is 0 Å². The van der Waals surface area contributed by atoms with E-state index in [0.29, 0.717) is 45.8 Å². The SMILES string of the molecule is Cc1ccc(CC(=O)N2CCC3(CC2)COCCN(S(C)(=O)=O)C3)cc1. The van der Waals surface area contributed by atoms with Gasteiger partial charge in [-0.2, -0.15) is 4.31 Å². The molecule has 2 saturated heterocycles. The summed E-state index contributed by atoms with van der Waals surface area (Å²) < 4.78 is 31.2. The molecular formula is C19H28N2O4S. The lowest BCUT2D eigenvalue weighted by molar-refractivity contribution is -0.133. The second-order valence-electron chi connectivity index (χ2n) is 7.69. The molecule has 2 fully saturated rings. The summed E-state index contributed by atoms with van der Waals surface area (Å²) >= 11 is 0. The minimum Gasteiger partial charge on any atom is -0.379 e. The molecule has 1 spiro atoms. The van der Waals surface area contributed by atoms with E-state index in [1.807, 2.05) is 36.1 Å². The highest BCUT2D eigenvalue weighted by atomic mass is 32.2. The minimum absolute atomic E-state index is 0.137. The van der Waals surface area contributed by atoms with Crippen LogP contribution in [0, 0.1) is 12.3 Å². The van der Waals surface area contributed by atoms with Crippen LogP contribution in [0.1, 0.15) is 24.0 Å². The molecule has 144 valence electrons. The first-order valence-corrected chi connectivity index (χ1v) is 11.0. The molecule has 0 aliphatic carbocycles. The number of amides is 1. The third kappa shape index (κ3) is 4.64. The van der Waals surface area contributed by atoms with Gasteiger partial charge in [0.05, 0.1) is 25.9 Å². The number of likely N-dealkylation sites (tertiary alicyclic amines) is 1. The van der Waals surface area contributed by atoms with Crippen molar-refractivity contribution in [3.8, 4) is 0 Å². The summed E-state index contributed by atoms with van der Waals surface area (Å²) in [5.41, 5.74) is 2.03. The maximum absolute atomic E-state index is 12.6. The largest absolute Gasteiger partial charge is 0.379 e. The molecule has 2 aliphatic heterocycles. The van der Waals surface area contributed by atoms with Crippen molar-refractivity contribution in [1.29, 1.82) is 0 Å². The van der Waals surface area contributed by atoms with E-state index in [-0.39, 0.29) is 11.3 Å². The van der Waals surface area contributed by atoms with E-state index in [0.717, 1.165) is 18.4 Å². The van der Waals surface area contributed by atoms with Gasteiger partial charge in [0.2, 0.25) is 15.9 Å². The lowest BCUT2D eigenvalue weighted by Gasteiger charge is -2.42. The summed E-state index contributed by atoms with van der Waals surface area (Å²) in [6.45, 7) is 5.26. The first kappa shape index (κ1) is 19.3. The number of aryl methyl sites for hydroxylation is 1. The first-order valence-electron chi connectivity index (χ1n) is 9.14. The minimum atomic E-state index is -3.23. The van der Waals surface area contributed by atoms with Gasteiger partial charge in [0, 0.05) is 31.6 Å². The quantitative estimate of drug-likeness (QED) is 0.796. The van der Waals surface area contributed by atoms with Crippen LogP contribution in [-0.2, 0) is 26.0 Å². The molecule has 2 heterocycles. The molecule has 1 aromatic rings. The number of hydrogen-bond donors (Lipinski definition) is 0. The van der Waals surface area contributed by atoms with Gasteiger partial charge in [-0.3, -0.25) is 4.79 Å². The van der Waals surface area contributed by atoms with Crippen LogP contribution in [0.4, 0.5) is 0 Å². The molecular weight excluding hydrogens is 352 g/mol. The van der Waals surface area contributed by atoms with E-state index in [4.69, 9.17) is 4.74 Å². The maximum atomic E-state index is 12.6. The molecule has 0 unspecified atom stereocenters. The number of rotatable bonds is 3. The van der Waals surface area contributed by atoms with Crippen molar-refractivity contribution < 1.29 is 17.9 Å². The number of carbonyl (C=O) groups is 1. The van der Waals surface area contributed by atoms with Gasteiger partial charge in [-0.05, 0) is 25.3 Å². The topological polar surface area (TPSA) is 66.9 Å². The third-order valence-electron chi connectivity index (χ3n) is 5.53.